The second-order valence-electron chi connectivity index (χ2n) is 6.34. The number of carbonyl (C=O) groups is 1. The van der Waals surface area contributed by atoms with Crippen molar-refractivity contribution in [1.29, 1.82) is 0 Å². The molecule has 1 heterocycles. The number of aliphatic imine (C=N–C) groups is 1. The molecule has 1 aromatic carbocycles. The molecular formula is C18H26N4O2. The van der Waals surface area contributed by atoms with Crippen LogP contribution in [0.15, 0.2) is 23.2 Å². The Kier molecular flexibility index (Phi) is 5.56. The number of fused-ring (bicyclic) bond motifs is 1. The van der Waals surface area contributed by atoms with Crippen LogP contribution in [0.3, 0.4) is 0 Å². The number of aryl methyl sites for hydroxylation is 1. The lowest BCUT2D eigenvalue weighted by atomic mass is 10.0. The van der Waals surface area contributed by atoms with Gasteiger partial charge in [0.25, 0.3) is 0 Å². The Bertz CT molecular complexity index is 609. The van der Waals surface area contributed by atoms with Crippen LogP contribution >= 0.6 is 0 Å². The van der Waals surface area contributed by atoms with Crippen LogP contribution in [0.2, 0.25) is 0 Å². The molecule has 6 heteroatoms. The number of hydrogen-bond acceptors (Lipinski definition) is 3. The fourth-order valence-electron chi connectivity index (χ4n) is 3.25. The standard InChI is InChI=1S/C18H26N4O2/c1-19-18(21-14-4-2-3-5-14)20-10-11-24-15-7-8-16-13(12-15)6-9-17(23)22-16/h7-8,12,14H,2-6,9-11H2,1H3,(H,22,23)(H2,19,20,21). The molecule has 6 nitrogen and oxygen atoms in total. The highest BCUT2D eigenvalue weighted by Gasteiger charge is 2.16. The van der Waals surface area contributed by atoms with E-state index in [0.717, 1.165) is 29.4 Å². The molecule has 0 bridgehead atoms. The van der Waals surface area contributed by atoms with Gasteiger partial charge in [0.05, 0.1) is 6.54 Å². The largest absolute Gasteiger partial charge is 0.492 e. The Morgan fingerprint density at radius 1 is 1.33 bits per heavy atom. The fraction of sp³-hybridized carbons (Fsp3) is 0.556. The summed E-state index contributed by atoms with van der Waals surface area (Å²) in [4.78, 5) is 15.6. The molecule has 0 unspecified atom stereocenters. The number of carbonyl (C=O) groups excluding carboxylic acids is 1. The Labute approximate surface area is 143 Å². The van der Waals surface area contributed by atoms with Crippen molar-refractivity contribution in [3.05, 3.63) is 23.8 Å². The van der Waals surface area contributed by atoms with Crippen molar-refractivity contribution in [1.82, 2.24) is 10.6 Å². The molecule has 1 amide bonds. The van der Waals surface area contributed by atoms with Gasteiger partial charge in [-0.05, 0) is 43.0 Å². The van der Waals surface area contributed by atoms with E-state index in [1.54, 1.807) is 7.05 Å². The maximum absolute atomic E-state index is 11.4. The number of anilines is 1. The van der Waals surface area contributed by atoms with Crippen LogP contribution in [0, 0.1) is 0 Å². The molecule has 2 aliphatic rings. The summed E-state index contributed by atoms with van der Waals surface area (Å²) in [6, 6.07) is 6.37. The quantitative estimate of drug-likeness (QED) is 0.439. The molecule has 0 radical (unpaired) electrons. The van der Waals surface area contributed by atoms with Crippen molar-refractivity contribution in [2.45, 2.75) is 44.6 Å². The van der Waals surface area contributed by atoms with E-state index in [2.05, 4.69) is 20.9 Å². The van der Waals surface area contributed by atoms with Crippen molar-refractivity contribution >= 4 is 17.6 Å². The van der Waals surface area contributed by atoms with Crippen LogP contribution in [0.5, 0.6) is 5.75 Å². The molecule has 0 saturated heterocycles. The van der Waals surface area contributed by atoms with Gasteiger partial charge >= 0.3 is 0 Å². The lowest BCUT2D eigenvalue weighted by Crippen LogP contribution is -2.43. The number of nitrogens with one attached hydrogen (secondary N) is 3. The number of nitrogens with zero attached hydrogens (tertiary/aromatic N) is 1. The first-order valence-electron chi connectivity index (χ1n) is 8.77. The lowest BCUT2D eigenvalue weighted by Gasteiger charge is -2.18. The van der Waals surface area contributed by atoms with E-state index >= 15 is 0 Å². The summed E-state index contributed by atoms with van der Waals surface area (Å²) < 4.78 is 5.81. The van der Waals surface area contributed by atoms with Crippen LogP contribution < -0.4 is 20.7 Å². The SMILES string of the molecule is CN=C(NCCOc1ccc2c(c1)CCC(=O)N2)NC1CCCC1. The zero-order valence-corrected chi connectivity index (χ0v) is 14.2. The number of benzene rings is 1. The topological polar surface area (TPSA) is 74.8 Å². The summed E-state index contributed by atoms with van der Waals surface area (Å²) in [6.45, 7) is 1.26. The molecule has 1 aromatic rings. The zero-order valence-electron chi connectivity index (χ0n) is 14.2. The molecule has 3 rings (SSSR count). The number of amides is 1. The second-order valence-corrected chi connectivity index (χ2v) is 6.34. The van der Waals surface area contributed by atoms with Crippen LogP contribution in [-0.2, 0) is 11.2 Å². The summed E-state index contributed by atoms with van der Waals surface area (Å²) in [5.41, 5.74) is 2.04. The van der Waals surface area contributed by atoms with E-state index in [1.165, 1.54) is 25.7 Å². The minimum Gasteiger partial charge on any atom is -0.492 e. The first kappa shape index (κ1) is 16.6. The van der Waals surface area contributed by atoms with Crippen molar-refractivity contribution < 1.29 is 9.53 Å². The van der Waals surface area contributed by atoms with Crippen LogP contribution in [0.1, 0.15) is 37.7 Å². The van der Waals surface area contributed by atoms with Gasteiger partial charge in [0.15, 0.2) is 5.96 Å². The molecule has 0 aromatic heterocycles. The van der Waals surface area contributed by atoms with Crippen LogP contribution in [0.4, 0.5) is 5.69 Å². The molecule has 1 saturated carbocycles. The van der Waals surface area contributed by atoms with Crippen LogP contribution in [-0.4, -0.2) is 38.1 Å². The average Bonchev–Trinajstić information content (AvgIpc) is 3.10. The highest BCUT2D eigenvalue weighted by molar-refractivity contribution is 5.94. The van der Waals surface area contributed by atoms with Gasteiger partial charge in [-0.1, -0.05) is 12.8 Å². The van der Waals surface area contributed by atoms with Crippen molar-refractivity contribution in [2.75, 3.05) is 25.5 Å². The van der Waals surface area contributed by atoms with Gasteiger partial charge in [-0.2, -0.15) is 0 Å². The molecule has 130 valence electrons. The van der Waals surface area contributed by atoms with Crippen molar-refractivity contribution in [3.8, 4) is 5.75 Å². The van der Waals surface area contributed by atoms with E-state index in [0.29, 0.717) is 25.6 Å². The number of ether oxygens (including phenoxy) is 1. The zero-order chi connectivity index (χ0) is 16.8. The number of rotatable bonds is 5. The molecule has 0 atom stereocenters. The lowest BCUT2D eigenvalue weighted by molar-refractivity contribution is -0.116. The Morgan fingerprint density at radius 3 is 2.96 bits per heavy atom. The van der Waals surface area contributed by atoms with Gasteiger partial charge in [0.1, 0.15) is 12.4 Å². The van der Waals surface area contributed by atoms with E-state index in [-0.39, 0.29) is 5.91 Å². The molecular weight excluding hydrogens is 304 g/mol. The van der Waals surface area contributed by atoms with Gasteiger partial charge in [-0.15, -0.1) is 0 Å². The van der Waals surface area contributed by atoms with Gasteiger partial charge in [0.2, 0.25) is 5.91 Å². The van der Waals surface area contributed by atoms with Gasteiger partial charge < -0.3 is 20.7 Å². The minimum absolute atomic E-state index is 0.0847. The average molecular weight is 330 g/mol. The molecule has 1 aliphatic heterocycles. The first-order chi connectivity index (χ1) is 11.7. The number of hydrogen-bond donors (Lipinski definition) is 3. The third-order valence-electron chi connectivity index (χ3n) is 4.56. The molecule has 0 spiro atoms. The smallest absolute Gasteiger partial charge is 0.224 e. The minimum atomic E-state index is 0.0847. The van der Waals surface area contributed by atoms with Gasteiger partial charge in [-0.3, -0.25) is 9.79 Å². The third kappa shape index (κ3) is 4.40. The summed E-state index contributed by atoms with van der Waals surface area (Å²) in [5, 5.41) is 9.62. The van der Waals surface area contributed by atoms with Gasteiger partial charge in [0, 0.05) is 25.2 Å². The van der Waals surface area contributed by atoms with Gasteiger partial charge in [-0.25, -0.2) is 0 Å². The summed E-state index contributed by atoms with van der Waals surface area (Å²) >= 11 is 0. The maximum Gasteiger partial charge on any atom is 0.224 e. The van der Waals surface area contributed by atoms with E-state index in [1.807, 2.05) is 18.2 Å². The van der Waals surface area contributed by atoms with E-state index in [9.17, 15) is 4.79 Å². The van der Waals surface area contributed by atoms with Crippen LogP contribution in [0.25, 0.3) is 0 Å². The molecule has 24 heavy (non-hydrogen) atoms. The Balaban J connectivity index is 1.42. The van der Waals surface area contributed by atoms with Crippen molar-refractivity contribution in [3.63, 3.8) is 0 Å². The summed E-state index contributed by atoms with van der Waals surface area (Å²) in [7, 11) is 1.79. The molecule has 3 N–H and O–H groups in total. The Morgan fingerprint density at radius 2 is 2.17 bits per heavy atom. The Hall–Kier alpha value is -2.24. The number of guanidine groups is 1. The predicted octanol–water partition coefficient (Wildman–Crippen LogP) is 2.06. The monoisotopic (exact) mass is 330 g/mol. The highest BCUT2D eigenvalue weighted by atomic mass is 16.5. The van der Waals surface area contributed by atoms with E-state index < -0.39 is 0 Å². The first-order valence-corrected chi connectivity index (χ1v) is 8.77. The highest BCUT2D eigenvalue weighted by Crippen LogP contribution is 2.26. The predicted molar refractivity (Wildman–Crippen MR) is 95.6 cm³/mol. The molecule has 1 aliphatic carbocycles. The maximum atomic E-state index is 11.4. The van der Waals surface area contributed by atoms with Crippen molar-refractivity contribution in [2.24, 2.45) is 4.99 Å². The fourth-order valence-corrected chi connectivity index (χ4v) is 3.25. The third-order valence-corrected chi connectivity index (χ3v) is 4.56. The summed E-state index contributed by atoms with van der Waals surface area (Å²) in [6.07, 6.45) is 6.37. The second kappa shape index (κ2) is 8.04. The molecule has 1 fully saturated rings. The summed E-state index contributed by atoms with van der Waals surface area (Å²) in [5.74, 6) is 1.77. The van der Waals surface area contributed by atoms with E-state index in [4.69, 9.17) is 4.74 Å². The normalized spacial score (nSPS) is 18.0.